The fraction of sp³-hybridized carbons (Fsp3) is 0.571. The van der Waals surface area contributed by atoms with Crippen molar-refractivity contribution in [3.8, 4) is 0 Å². The van der Waals surface area contributed by atoms with Gasteiger partial charge < -0.3 is 20.8 Å². The van der Waals surface area contributed by atoms with E-state index in [1.807, 2.05) is 17.8 Å². The molecule has 0 unspecified atom stereocenters. The zero-order chi connectivity index (χ0) is 22.0. The molecule has 10 nitrogen and oxygen atoms in total. The largest absolute Gasteiger partial charge is 0.381 e. The van der Waals surface area contributed by atoms with Gasteiger partial charge in [0.05, 0.1) is 29.4 Å². The van der Waals surface area contributed by atoms with Crippen molar-refractivity contribution in [1.29, 1.82) is 0 Å². The van der Waals surface area contributed by atoms with E-state index in [0.717, 1.165) is 35.1 Å². The first-order valence-corrected chi connectivity index (χ1v) is 10.8. The molecule has 1 aliphatic carbocycles. The first-order valence-electron chi connectivity index (χ1n) is 10.8. The Labute approximate surface area is 180 Å². The molecule has 1 saturated carbocycles. The number of anilines is 1. The summed E-state index contributed by atoms with van der Waals surface area (Å²) < 4.78 is 1.84. The Morgan fingerprint density at radius 3 is 2.52 bits per heavy atom. The van der Waals surface area contributed by atoms with Crippen LogP contribution in [0.2, 0.25) is 0 Å². The van der Waals surface area contributed by atoms with Crippen LogP contribution in [0, 0.1) is 0 Å². The van der Waals surface area contributed by atoms with Crippen LogP contribution in [0.15, 0.2) is 17.5 Å². The van der Waals surface area contributed by atoms with Gasteiger partial charge >= 0.3 is 0 Å². The number of aryl methyl sites for hydroxylation is 1. The second-order valence-electron chi connectivity index (χ2n) is 8.02. The van der Waals surface area contributed by atoms with E-state index in [9.17, 15) is 9.59 Å². The monoisotopic (exact) mass is 427 g/mol. The SMILES string of the molecule is CCn1ncc2c(NC3CCCCC3)c(C3=NOC(C(=O)NC)(C(=O)NC)C3)cnc21. The van der Waals surface area contributed by atoms with Crippen LogP contribution < -0.4 is 16.0 Å². The molecule has 2 aromatic heterocycles. The van der Waals surface area contributed by atoms with Crippen LogP contribution in [0.25, 0.3) is 11.0 Å². The van der Waals surface area contributed by atoms with Gasteiger partial charge in [0.2, 0.25) is 0 Å². The third-order valence-electron chi connectivity index (χ3n) is 6.15. The Morgan fingerprint density at radius 1 is 1.16 bits per heavy atom. The second kappa shape index (κ2) is 8.52. The molecule has 166 valence electrons. The van der Waals surface area contributed by atoms with E-state index in [0.29, 0.717) is 18.3 Å². The first-order chi connectivity index (χ1) is 15.0. The summed E-state index contributed by atoms with van der Waals surface area (Å²) in [5, 5.41) is 18.2. The van der Waals surface area contributed by atoms with Crippen LogP contribution in [0.1, 0.15) is 51.0 Å². The zero-order valence-corrected chi connectivity index (χ0v) is 18.2. The smallest absolute Gasteiger partial charge is 0.297 e. The number of carbonyl (C=O) groups excluding carboxylic acids is 2. The lowest BCUT2D eigenvalue weighted by Crippen LogP contribution is -2.56. The molecule has 3 heterocycles. The summed E-state index contributed by atoms with van der Waals surface area (Å²) in [6, 6.07) is 0.341. The molecule has 2 amide bonds. The van der Waals surface area contributed by atoms with Gasteiger partial charge in [-0.2, -0.15) is 5.10 Å². The maximum absolute atomic E-state index is 12.6. The number of carbonyl (C=O) groups is 2. The molecule has 0 bridgehead atoms. The van der Waals surface area contributed by atoms with Crippen molar-refractivity contribution < 1.29 is 14.4 Å². The predicted octanol–water partition coefficient (Wildman–Crippen LogP) is 1.55. The van der Waals surface area contributed by atoms with E-state index in [1.54, 1.807) is 6.20 Å². The predicted molar refractivity (Wildman–Crippen MR) is 117 cm³/mol. The summed E-state index contributed by atoms with van der Waals surface area (Å²) in [5.74, 6) is -1.08. The summed E-state index contributed by atoms with van der Waals surface area (Å²) in [7, 11) is 2.94. The molecule has 0 aromatic carbocycles. The van der Waals surface area contributed by atoms with Crippen LogP contribution in [-0.2, 0) is 21.0 Å². The number of hydrogen-bond donors (Lipinski definition) is 3. The van der Waals surface area contributed by atoms with Crippen LogP contribution in [0.5, 0.6) is 0 Å². The Bertz CT molecular complexity index is 1010. The van der Waals surface area contributed by atoms with E-state index < -0.39 is 17.4 Å². The lowest BCUT2D eigenvalue weighted by Gasteiger charge is -2.25. The quantitative estimate of drug-likeness (QED) is 0.601. The van der Waals surface area contributed by atoms with Crippen LogP contribution >= 0.6 is 0 Å². The standard InChI is InChI=1S/C21H29N7O3/c1-4-28-18-15(12-25-28)17(26-13-8-6-5-7-9-13)14(11-24-18)16-10-21(31-27-16,19(29)22-2)20(30)23-3/h11-13H,4-10H2,1-3H3,(H,22,29)(H,23,30)(H,24,26). The third-order valence-corrected chi connectivity index (χ3v) is 6.15. The van der Waals surface area contributed by atoms with E-state index in [1.165, 1.54) is 33.4 Å². The molecule has 31 heavy (non-hydrogen) atoms. The van der Waals surface area contributed by atoms with E-state index >= 15 is 0 Å². The molecule has 0 radical (unpaired) electrons. The normalized spacial score (nSPS) is 18.4. The lowest BCUT2D eigenvalue weighted by molar-refractivity contribution is -0.157. The summed E-state index contributed by atoms with van der Waals surface area (Å²) in [6.45, 7) is 2.73. The van der Waals surface area contributed by atoms with Gasteiger partial charge in [0.1, 0.15) is 0 Å². The maximum atomic E-state index is 12.6. The van der Waals surface area contributed by atoms with Crippen molar-refractivity contribution in [2.45, 2.75) is 63.6 Å². The second-order valence-corrected chi connectivity index (χ2v) is 8.02. The molecule has 4 rings (SSSR count). The van der Waals surface area contributed by atoms with Gasteiger partial charge in [0.25, 0.3) is 17.4 Å². The Morgan fingerprint density at radius 2 is 1.87 bits per heavy atom. The molecular formula is C21H29N7O3. The van der Waals surface area contributed by atoms with Gasteiger partial charge in [-0.05, 0) is 19.8 Å². The minimum atomic E-state index is -1.73. The number of hydrogen-bond acceptors (Lipinski definition) is 7. The van der Waals surface area contributed by atoms with Gasteiger partial charge in [0, 0.05) is 38.4 Å². The Hall–Kier alpha value is -3.17. The molecule has 0 spiro atoms. The van der Waals surface area contributed by atoms with Crippen molar-refractivity contribution in [3.63, 3.8) is 0 Å². The number of nitrogens with one attached hydrogen (secondary N) is 3. The minimum Gasteiger partial charge on any atom is -0.381 e. The number of aromatic nitrogens is 3. The summed E-state index contributed by atoms with van der Waals surface area (Å²) in [5.41, 5.74) is 1.16. The maximum Gasteiger partial charge on any atom is 0.297 e. The third kappa shape index (κ3) is 3.60. The summed E-state index contributed by atoms with van der Waals surface area (Å²) >= 11 is 0. The Balaban J connectivity index is 1.75. The van der Waals surface area contributed by atoms with Crippen molar-refractivity contribution >= 4 is 34.2 Å². The highest BCUT2D eigenvalue weighted by molar-refractivity contribution is 6.18. The molecule has 3 N–H and O–H groups in total. The topological polar surface area (TPSA) is 123 Å². The molecule has 0 atom stereocenters. The fourth-order valence-corrected chi connectivity index (χ4v) is 4.41. The summed E-state index contributed by atoms with van der Waals surface area (Å²) in [4.78, 5) is 35.2. The molecular weight excluding hydrogens is 398 g/mol. The van der Waals surface area contributed by atoms with E-state index in [-0.39, 0.29) is 6.42 Å². The number of rotatable bonds is 6. The Kier molecular flexibility index (Phi) is 5.79. The lowest BCUT2D eigenvalue weighted by atomic mass is 9.91. The van der Waals surface area contributed by atoms with Crippen molar-refractivity contribution in [3.05, 3.63) is 18.0 Å². The molecule has 10 heteroatoms. The first kappa shape index (κ1) is 21.1. The van der Waals surface area contributed by atoms with Crippen LogP contribution in [-0.4, -0.2) is 58.0 Å². The number of nitrogens with zero attached hydrogens (tertiary/aromatic N) is 4. The van der Waals surface area contributed by atoms with Crippen molar-refractivity contribution in [1.82, 2.24) is 25.4 Å². The minimum absolute atomic E-state index is 0.0147. The highest BCUT2D eigenvalue weighted by Gasteiger charge is 2.53. The number of pyridine rings is 1. The molecule has 2 aliphatic rings. The van der Waals surface area contributed by atoms with Gasteiger partial charge in [0.15, 0.2) is 5.65 Å². The zero-order valence-electron chi connectivity index (χ0n) is 18.2. The van der Waals surface area contributed by atoms with Crippen molar-refractivity contribution in [2.24, 2.45) is 5.16 Å². The average Bonchev–Trinajstić information content (AvgIpc) is 3.44. The number of oxime groups is 1. The highest BCUT2D eigenvalue weighted by Crippen LogP contribution is 2.35. The van der Waals surface area contributed by atoms with E-state index in [4.69, 9.17) is 4.84 Å². The number of fused-ring (bicyclic) bond motifs is 1. The van der Waals surface area contributed by atoms with Crippen molar-refractivity contribution in [2.75, 3.05) is 19.4 Å². The van der Waals surface area contributed by atoms with Crippen LogP contribution in [0.3, 0.4) is 0 Å². The fourth-order valence-electron chi connectivity index (χ4n) is 4.41. The number of likely N-dealkylation sites (N-methyl/N-ethyl adjacent to an activating group) is 2. The molecule has 2 aromatic rings. The average molecular weight is 428 g/mol. The number of amides is 2. The molecule has 1 aliphatic heterocycles. The van der Waals surface area contributed by atoms with Gasteiger partial charge in [-0.25, -0.2) is 9.67 Å². The van der Waals surface area contributed by atoms with Gasteiger partial charge in [-0.15, -0.1) is 0 Å². The van der Waals surface area contributed by atoms with Gasteiger partial charge in [-0.3, -0.25) is 9.59 Å². The summed E-state index contributed by atoms with van der Waals surface area (Å²) in [6.07, 6.45) is 9.37. The highest BCUT2D eigenvalue weighted by atomic mass is 16.7. The molecule has 1 fully saturated rings. The molecule has 0 saturated heterocycles. The van der Waals surface area contributed by atoms with Gasteiger partial charge in [-0.1, -0.05) is 24.4 Å². The van der Waals surface area contributed by atoms with E-state index in [2.05, 4.69) is 31.2 Å². The van der Waals surface area contributed by atoms with Crippen LogP contribution in [0.4, 0.5) is 5.69 Å².